The van der Waals surface area contributed by atoms with Crippen LogP contribution in [0.1, 0.15) is 12.5 Å². The number of fused-ring (bicyclic) bond motifs is 1. The second kappa shape index (κ2) is 8.49. The number of carbonyl (C=O) groups excluding carboxylic acids is 3. The van der Waals surface area contributed by atoms with Gasteiger partial charge in [-0.2, -0.15) is 0 Å². The first-order chi connectivity index (χ1) is 14.5. The fourth-order valence-corrected chi connectivity index (χ4v) is 4.40. The monoisotopic (exact) mass is 483 g/mol. The number of hydrogen-bond acceptors (Lipinski definition) is 4. The number of benzene rings is 2. The first-order valence-electron chi connectivity index (χ1n) is 9.35. The number of hydrogen-bond donors (Lipinski definition) is 1. The molecule has 0 spiro atoms. The van der Waals surface area contributed by atoms with E-state index in [0.29, 0.717) is 10.6 Å². The maximum Gasteiger partial charge on any atom is 0.294 e. The molecule has 2 aromatic carbocycles. The van der Waals surface area contributed by atoms with Crippen molar-refractivity contribution in [3.8, 4) is 0 Å². The van der Waals surface area contributed by atoms with E-state index in [0.717, 1.165) is 44.1 Å². The van der Waals surface area contributed by atoms with Gasteiger partial charge in [-0.3, -0.25) is 19.3 Å². The van der Waals surface area contributed by atoms with Crippen LogP contribution < -0.4 is 5.32 Å². The Morgan fingerprint density at radius 3 is 2.60 bits per heavy atom. The van der Waals surface area contributed by atoms with Crippen LogP contribution in [0.25, 0.3) is 17.0 Å². The molecule has 1 fully saturated rings. The Kier molecular flexibility index (Phi) is 5.78. The van der Waals surface area contributed by atoms with Crippen LogP contribution in [0.15, 0.2) is 64.1 Å². The van der Waals surface area contributed by atoms with Gasteiger partial charge in [-0.25, -0.2) is 0 Å². The molecule has 30 heavy (non-hydrogen) atoms. The summed E-state index contributed by atoms with van der Waals surface area (Å²) in [6, 6.07) is 15.0. The fraction of sp³-hybridized carbons (Fsp3) is 0.136. The predicted molar refractivity (Wildman–Crippen MR) is 123 cm³/mol. The zero-order valence-corrected chi connectivity index (χ0v) is 18.5. The number of amides is 3. The van der Waals surface area contributed by atoms with Crippen molar-refractivity contribution in [3.05, 3.63) is 69.7 Å². The van der Waals surface area contributed by atoms with E-state index in [1.165, 1.54) is 0 Å². The Labute approximate surface area is 186 Å². The number of imide groups is 1. The highest BCUT2D eigenvalue weighted by molar-refractivity contribution is 9.10. The lowest BCUT2D eigenvalue weighted by Gasteiger charge is -2.12. The molecule has 3 amide bonds. The van der Waals surface area contributed by atoms with Crippen molar-refractivity contribution in [1.29, 1.82) is 0 Å². The molecule has 0 bridgehead atoms. The van der Waals surface area contributed by atoms with Crippen LogP contribution >= 0.6 is 27.7 Å². The van der Waals surface area contributed by atoms with E-state index in [1.54, 1.807) is 30.3 Å². The number of halogens is 1. The summed E-state index contributed by atoms with van der Waals surface area (Å²) in [6.45, 7) is 2.52. The van der Waals surface area contributed by atoms with Crippen LogP contribution in [0.5, 0.6) is 0 Å². The maximum atomic E-state index is 12.8. The highest BCUT2D eigenvalue weighted by Gasteiger charge is 2.36. The van der Waals surface area contributed by atoms with Crippen LogP contribution in [0.2, 0.25) is 0 Å². The van der Waals surface area contributed by atoms with E-state index in [9.17, 15) is 14.4 Å². The van der Waals surface area contributed by atoms with Gasteiger partial charge in [0.2, 0.25) is 5.91 Å². The molecule has 1 aromatic heterocycles. The summed E-state index contributed by atoms with van der Waals surface area (Å²) < 4.78 is 2.98. The maximum absolute atomic E-state index is 12.8. The van der Waals surface area contributed by atoms with Gasteiger partial charge in [0, 0.05) is 39.4 Å². The van der Waals surface area contributed by atoms with E-state index in [1.807, 2.05) is 37.4 Å². The standard InChI is InChI=1S/C22H18BrN3O3S/c1-2-25-12-14(17-5-3-4-6-18(17)25)11-19-21(28)26(22(29)30-19)13-20(27)24-16-9-7-15(23)8-10-16/h3-12H,2,13H2,1H3,(H,24,27)/b19-11-. The number of aromatic nitrogens is 1. The van der Waals surface area contributed by atoms with Gasteiger partial charge in [-0.15, -0.1) is 0 Å². The Bertz CT molecular complexity index is 1180. The Morgan fingerprint density at radius 2 is 1.87 bits per heavy atom. The van der Waals surface area contributed by atoms with Gasteiger partial charge in [0.15, 0.2) is 0 Å². The fourth-order valence-electron chi connectivity index (χ4n) is 3.31. The summed E-state index contributed by atoms with van der Waals surface area (Å²) in [5.74, 6) is -0.882. The van der Waals surface area contributed by atoms with Crippen molar-refractivity contribution in [3.63, 3.8) is 0 Å². The van der Waals surface area contributed by atoms with Crippen LogP contribution in [-0.2, 0) is 16.1 Å². The Morgan fingerprint density at radius 1 is 1.13 bits per heavy atom. The molecule has 1 aliphatic rings. The van der Waals surface area contributed by atoms with Crippen molar-refractivity contribution in [2.75, 3.05) is 11.9 Å². The molecular weight excluding hydrogens is 466 g/mol. The van der Waals surface area contributed by atoms with Crippen LogP contribution in [0.3, 0.4) is 0 Å². The molecule has 4 rings (SSSR count). The van der Waals surface area contributed by atoms with Crippen molar-refractivity contribution in [2.45, 2.75) is 13.5 Å². The quantitative estimate of drug-likeness (QED) is 0.512. The highest BCUT2D eigenvalue weighted by atomic mass is 79.9. The van der Waals surface area contributed by atoms with E-state index < -0.39 is 17.1 Å². The first-order valence-corrected chi connectivity index (χ1v) is 11.0. The summed E-state index contributed by atoms with van der Waals surface area (Å²) in [5.41, 5.74) is 2.54. The summed E-state index contributed by atoms with van der Waals surface area (Å²) in [6.07, 6.45) is 3.70. The summed E-state index contributed by atoms with van der Waals surface area (Å²) in [7, 11) is 0. The van der Waals surface area contributed by atoms with Crippen molar-refractivity contribution >= 4 is 67.4 Å². The number of nitrogens with zero attached hydrogens (tertiary/aromatic N) is 2. The molecule has 2 heterocycles. The molecule has 152 valence electrons. The number of nitrogens with one attached hydrogen (secondary N) is 1. The van der Waals surface area contributed by atoms with Crippen LogP contribution in [-0.4, -0.2) is 33.1 Å². The number of rotatable bonds is 5. The third-order valence-electron chi connectivity index (χ3n) is 4.75. The third-order valence-corrected chi connectivity index (χ3v) is 6.19. The zero-order chi connectivity index (χ0) is 21.3. The minimum atomic E-state index is -0.454. The predicted octanol–water partition coefficient (Wildman–Crippen LogP) is 5.10. The van der Waals surface area contributed by atoms with Gasteiger partial charge < -0.3 is 9.88 Å². The lowest BCUT2D eigenvalue weighted by atomic mass is 10.1. The van der Waals surface area contributed by atoms with Crippen LogP contribution in [0.4, 0.5) is 10.5 Å². The van der Waals surface area contributed by atoms with Gasteiger partial charge in [0.1, 0.15) is 6.54 Å². The molecule has 1 N–H and O–H groups in total. The molecule has 0 unspecified atom stereocenters. The first kappa shape index (κ1) is 20.4. The lowest BCUT2D eigenvalue weighted by Crippen LogP contribution is -2.36. The number of thioether (sulfide) groups is 1. The highest BCUT2D eigenvalue weighted by Crippen LogP contribution is 2.34. The molecule has 0 saturated carbocycles. The Balaban J connectivity index is 1.53. The molecule has 0 atom stereocenters. The molecule has 3 aromatic rings. The molecule has 0 aliphatic carbocycles. The van der Waals surface area contributed by atoms with E-state index in [2.05, 4.69) is 25.8 Å². The summed E-state index contributed by atoms with van der Waals surface area (Å²) in [4.78, 5) is 38.8. The summed E-state index contributed by atoms with van der Waals surface area (Å²) in [5, 5.41) is 3.26. The number of carbonyl (C=O) groups is 3. The number of anilines is 1. The number of para-hydroxylation sites is 1. The molecule has 0 radical (unpaired) electrons. The second-order valence-electron chi connectivity index (χ2n) is 6.71. The van der Waals surface area contributed by atoms with Crippen molar-refractivity contribution in [2.24, 2.45) is 0 Å². The van der Waals surface area contributed by atoms with Gasteiger partial charge in [-0.1, -0.05) is 34.1 Å². The van der Waals surface area contributed by atoms with E-state index in [4.69, 9.17) is 0 Å². The number of aryl methyl sites for hydroxylation is 1. The summed E-state index contributed by atoms with van der Waals surface area (Å²) >= 11 is 4.19. The normalized spacial score (nSPS) is 15.4. The topological polar surface area (TPSA) is 71.4 Å². The van der Waals surface area contributed by atoms with E-state index >= 15 is 0 Å². The SMILES string of the molecule is CCn1cc(/C=C2\SC(=O)N(CC(=O)Nc3ccc(Br)cc3)C2=O)c2ccccc21. The average molecular weight is 484 g/mol. The minimum Gasteiger partial charge on any atom is -0.347 e. The molecule has 1 saturated heterocycles. The van der Waals surface area contributed by atoms with Gasteiger partial charge in [-0.05, 0) is 55.1 Å². The zero-order valence-electron chi connectivity index (χ0n) is 16.1. The molecule has 6 nitrogen and oxygen atoms in total. The largest absolute Gasteiger partial charge is 0.347 e. The molecule has 1 aliphatic heterocycles. The van der Waals surface area contributed by atoms with Gasteiger partial charge in [0.25, 0.3) is 11.1 Å². The van der Waals surface area contributed by atoms with Gasteiger partial charge in [0.05, 0.1) is 4.91 Å². The molecular formula is C22H18BrN3O3S. The second-order valence-corrected chi connectivity index (χ2v) is 8.62. The lowest BCUT2D eigenvalue weighted by molar-refractivity contribution is -0.127. The van der Waals surface area contributed by atoms with Crippen molar-refractivity contribution < 1.29 is 14.4 Å². The van der Waals surface area contributed by atoms with Crippen LogP contribution in [0, 0.1) is 0 Å². The third kappa shape index (κ3) is 4.06. The van der Waals surface area contributed by atoms with E-state index in [-0.39, 0.29) is 6.54 Å². The average Bonchev–Trinajstić information content (AvgIpc) is 3.22. The van der Waals surface area contributed by atoms with Crippen molar-refractivity contribution in [1.82, 2.24) is 9.47 Å². The van der Waals surface area contributed by atoms with Gasteiger partial charge >= 0.3 is 0 Å². The minimum absolute atomic E-state index is 0.315. The smallest absolute Gasteiger partial charge is 0.294 e. The Hall–Kier alpha value is -2.84. The molecule has 8 heteroatoms.